The van der Waals surface area contributed by atoms with E-state index < -0.39 is 5.82 Å². The molecule has 0 aliphatic heterocycles. The number of aryl methyl sites for hydroxylation is 1. The van der Waals surface area contributed by atoms with Gasteiger partial charge in [-0.1, -0.05) is 12.1 Å². The van der Waals surface area contributed by atoms with Gasteiger partial charge in [0, 0.05) is 25.9 Å². The van der Waals surface area contributed by atoms with E-state index in [4.69, 9.17) is 0 Å². The first-order valence-electron chi connectivity index (χ1n) is 8.63. The number of hydrogen-bond acceptors (Lipinski definition) is 5. The van der Waals surface area contributed by atoms with Crippen LogP contribution in [0.15, 0.2) is 36.4 Å². The SMILES string of the molecule is CCN(CC)c1ccc2nnc(CCC(=O)Nc3ccccc3F)n2n1. The summed E-state index contributed by atoms with van der Waals surface area (Å²) in [7, 11) is 0. The summed E-state index contributed by atoms with van der Waals surface area (Å²) in [5.41, 5.74) is 0.802. The van der Waals surface area contributed by atoms with Crippen molar-refractivity contribution < 1.29 is 9.18 Å². The first-order chi connectivity index (χ1) is 12.6. The smallest absolute Gasteiger partial charge is 0.224 e. The lowest BCUT2D eigenvalue weighted by molar-refractivity contribution is -0.116. The molecule has 0 spiro atoms. The molecule has 3 rings (SSSR count). The fourth-order valence-corrected chi connectivity index (χ4v) is 2.70. The van der Waals surface area contributed by atoms with E-state index >= 15 is 0 Å². The van der Waals surface area contributed by atoms with Gasteiger partial charge in [-0.15, -0.1) is 15.3 Å². The Morgan fingerprint density at radius 1 is 1.15 bits per heavy atom. The number of carbonyl (C=O) groups is 1. The Morgan fingerprint density at radius 3 is 2.65 bits per heavy atom. The first-order valence-corrected chi connectivity index (χ1v) is 8.63. The highest BCUT2D eigenvalue weighted by atomic mass is 19.1. The van der Waals surface area contributed by atoms with Crippen LogP contribution in [0.2, 0.25) is 0 Å². The van der Waals surface area contributed by atoms with Gasteiger partial charge in [0.1, 0.15) is 11.6 Å². The van der Waals surface area contributed by atoms with Crippen molar-refractivity contribution in [2.24, 2.45) is 0 Å². The normalized spacial score (nSPS) is 10.9. The Morgan fingerprint density at radius 2 is 1.92 bits per heavy atom. The molecule has 26 heavy (non-hydrogen) atoms. The minimum absolute atomic E-state index is 0.159. The summed E-state index contributed by atoms with van der Waals surface area (Å²) < 4.78 is 15.3. The number of rotatable bonds is 7. The predicted octanol–water partition coefficient (Wildman–Crippen LogP) is 2.68. The van der Waals surface area contributed by atoms with Crippen LogP contribution in [0.5, 0.6) is 0 Å². The molecule has 0 unspecified atom stereocenters. The van der Waals surface area contributed by atoms with Crippen LogP contribution >= 0.6 is 0 Å². The molecule has 7 nitrogen and oxygen atoms in total. The lowest BCUT2D eigenvalue weighted by atomic mass is 10.2. The molecule has 1 amide bonds. The maximum absolute atomic E-state index is 13.6. The van der Waals surface area contributed by atoms with Gasteiger partial charge in [-0.2, -0.15) is 4.52 Å². The number of aromatic nitrogens is 4. The van der Waals surface area contributed by atoms with E-state index in [0.29, 0.717) is 17.9 Å². The summed E-state index contributed by atoms with van der Waals surface area (Å²) in [5, 5.41) is 15.4. The lowest BCUT2D eigenvalue weighted by Gasteiger charge is -2.19. The zero-order valence-electron chi connectivity index (χ0n) is 14.8. The summed E-state index contributed by atoms with van der Waals surface area (Å²) in [4.78, 5) is 14.2. The van der Waals surface area contributed by atoms with Gasteiger partial charge in [-0.25, -0.2) is 4.39 Å². The van der Waals surface area contributed by atoms with Crippen LogP contribution in [-0.2, 0) is 11.2 Å². The van der Waals surface area contributed by atoms with Gasteiger partial charge >= 0.3 is 0 Å². The zero-order chi connectivity index (χ0) is 18.5. The number of carbonyl (C=O) groups excluding carboxylic acids is 1. The van der Waals surface area contributed by atoms with Crippen LogP contribution in [0.3, 0.4) is 0 Å². The topological polar surface area (TPSA) is 75.4 Å². The van der Waals surface area contributed by atoms with Crippen molar-refractivity contribution in [3.63, 3.8) is 0 Å². The van der Waals surface area contributed by atoms with Gasteiger partial charge in [0.25, 0.3) is 0 Å². The number of nitrogens with zero attached hydrogens (tertiary/aromatic N) is 5. The highest BCUT2D eigenvalue weighted by molar-refractivity contribution is 5.90. The molecule has 0 aliphatic carbocycles. The first kappa shape index (κ1) is 17.8. The van der Waals surface area contributed by atoms with Gasteiger partial charge in [0.05, 0.1) is 5.69 Å². The molecular formula is C18H21FN6O. The molecule has 2 aromatic heterocycles. The number of anilines is 2. The van der Waals surface area contributed by atoms with E-state index in [2.05, 4.69) is 39.4 Å². The molecule has 136 valence electrons. The Bertz CT molecular complexity index is 906. The van der Waals surface area contributed by atoms with E-state index in [1.165, 1.54) is 12.1 Å². The van der Waals surface area contributed by atoms with Crippen LogP contribution in [0.25, 0.3) is 5.65 Å². The molecule has 0 aliphatic rings. The average molecular weight is 356 g/mol. The third kappa shape index (κ3) is 3.79. The minimum atomic E-state index is -0.459. The van der Waals surface area contributed by atoms with Gasteiger partial charge in [-0.3, -0.25) is 4.79 Å². The van der Waals surface area contributed by atoms with Crippen molar-refractivity contribution in [3.8, 4) is 0 Å². The number of halogens is 1. The summed E-state index contributed by atoms with van der Waals surface area (Å²) in [5.74, 6) is 0.683. The Balaban J connectivity index is 1.71. The van der Waals surface area contributed by atoms with Crippen molar-refractivity contribution in [2.75, 3.05) is 23.3 Å². The van der Waals surface area contributed by atoms with Gasteiger partial charge in [-0.05, 0) is 38.1 Å². The molecule has 1 N–H and O–H groups in total. The molecule has 0 fully saturated rings. The third-order valence-corrected chi connectivity index (χ3v) is 4.12. The molecule has 0 saturated heterocycles. The summed E-state index contributed by atoms with van der Waals surface area (Å²) in [6.45, 7) is 5.82. The highest BCUT2D eigenvalue weighted by Gasteiger charge is 2.13. The van der Waals surface area contributed by atoms with Crippen LogP contribution < -0.4 is 10.2 Å². The third-order valence-electron chi connectivity index (χ3n) is 4.12. The average Bonchev–Trinajstić information content (AvgIpc) is 3.05. The predicted molar refractivity (Wildman–Crippen MR) is 97.7 cm³/mol. The Labute approximate surface area is 150 Å². The molecular weight excluding hydrogens is 335 g/mol. The lowest BCUT2D eigenvalue weighted by Crippen LogP contribution is -2.23. The number of benzene rings is 1. The quantitative estimate of drug-likeness (QED) is 0.704. The van der Waals surface area contributed by atoms with E-state index in [-0.39, 0.29) is 18.0 Å². The Hall–Kier alpha value is -3.03. The standard InChI is InChI=1S/C18H21FN6O/c1-3-24(4-2)17-10-9-15-21-22-16(25(15)23-17)11-12-18(26)20-14-8-6-5-7-13(14)19/h5-10H,3-4,11-12H2,1-2H3,(H,20,26). The van der Waals surface area contributed by atoms with Crippen LogP contribution in [0.4, 0.5) is 15.9 Å². The van der Waals surface area contributed by atoms with Crippen molar-refractivity contribution in [3.05, 3.63) is 48.0 Å². The van der Waals surface area contributed by atoms with Gasteiger partial charge in [0.15, 0.2) is 11.5 Å². The molecule has 0 radical (unpaired) electrons. The Kier molecular flexibility index (Phi) is 5.40. The summed E-state index contributed by atoms with van der Waals surface area (Å²) in [6.07, 6.45) is 0.516. The molecule has 3 aromatic rings. The fourth-order valence-electron chi connectivity index (χ4n) is 2.70. The largest absolute Gasteiger partial charge is 0.356 e. The maximum Gasteiger partial charge on any atom is 0.224 e. The fraction of sp³-hybridized carbons (Fsp3) is 0.333. The highest BCUT2D eigenvalue weighted by Crippen LogP contribution is 2.14. The second kappa shape index (κ2) is 7.90. The van der Waals surface area contributed by atoms with Crippen molar-refractivity contribution in [1.29, 1.82) is 0 Å². The second-order valence-electron chi connectivity index (χ2n) is 5.78. The van der Waals surface area contributed by atoms with E-state index in [1.807, 2.05) is 12.1 Å². The van der Waals surface area contributed by atoms with Crippen LogP contribution in [0.1, 0.15) is 26.1 Å². The van der Waals surface area contributed by atoms with Gasteiger partial charge in [0.2, 0.25) is 5.91 Å². The number of para-hydroxylation sites is 1. The maximum atomic E-state index is 13.6. The summed E-state index contributed by atoms with van der Waals surface area (Å²) >= 11 is 0. The van der Waals surface area contributed by atoms with E-state index in [9.17, 15) is 9.18 Å². The molecule has 0 saturated carbocycles. The number of amides is 1. The minimum Gasteiger partial charge on any atom is -0.356 e. The molecule has 8 heteroatoms. The molecule has 1 aromatic carbocycles. The number of hydrogen-bond donors (Lipinski definition) is 1. The van der Waals surface area contributed by atoms with Crippen LogP contribution in [-0.4, -0.2) is 38.8 Å². The van der Waals surface area contributed by atoms with E-state index in [0.717, 1.165) is 18.9 Å². The second-order valence-corrected chi connectivity index (χ2v) is 5.78. The number of nitrogens with one attached hydrogen (secondary N) is 1. The zero-order valence-corrected chi connectivity index (χ0v) is 14.8. The van der Waals surface area contributed by atoms with Crippen molar-refractivity contribution >= 4 is 23.1 Å². The van der Waals surface area contributed by atoms with Crippen molar-refractivity contribution in [1.82, 2.24) is 19.8 Å². The molecule has 0 atom stereocenters. The van der Waals surface area contributed by atoms with E-state index in [1.54, 1.807) is 16.6 Å². The number of fused-ring (bicyclic) bond motifs is 1. The summed E-state index contributed by atoms with van der Waals surface area (Å²) in [6, 6.07) is 9.84. The van der Waals surface area contributed by atoms with Crippen LogP contribution in [0, 0.1) is 5.82 Å². The van der Waals surface area contributed by atoms with Crippen molar-refractivity contribution in [2.45, 2.75) is 26.7 Å². The monoisotopic (exact) mass is 356 g/mol. The molecule has 2 heterocycles. The molecule has 0 bridgehead atoms. The van der Waals surface area contributed by atoms with Gasteiger partial charge < -0.3 is 10.2 Å².